The molecule has 1 aromatic carbocycles. The Hall–Kier alpha value is -1.11. The third kappa shape index (κ3) is 5.46. The van der Waals surface area contributed by atoms with Crippen molar-refractivity contribution in [1.82, 2.24) is 10.2 Å². The molecule has 1 saturated heterocycles. The van der Waals surface area contributed by atoms with Gasteiger partial charge in [-0.15, -0.1) is 0 Å². The molecule has 2 rings (SSSR count). The van der Waals surface area contributed by atoms with Crippen LogP contribution in [0, 0.1) is 5.92 Å². The minimum absolute atomic E-state index is 0.0793. The van der Waals surface area contributed by atoms with Crippen LogP contribution in [0.2, 0.25) is 0 Å². The summed E-state index contributed by atoms with van der Waals surface area (Å²) >= 11 is 0. The molecular formula is C18H27F3N2O. The number of piperidine rings is 1. The number of nitrogens with zero attached hydrogens (tertiary/aromatic N) is 1. The number of ether oxygens (including phenoxy) is 1. The third-order valence-corrected chi connectivity index (χ3v) is 4.72. The van der Waals surface area contributed by atoms with Gasteiger partial charge >= 0.3 is 6.18 Å². The zero-order chi connectivity index (χ0) is 17.6. The molecule has 0 spiro atoms. The third-order valence-electron chi connectivity index (χ3n) is 4.72. The number of hydrogen-bond acceptors (Lipinski definition) is 3. The predicted octanol–water partition coefficient (Wildman–Crippen LogP) is 3.71. The first kappa shape index (κ1) is 19.2. The highest BCUT2D eigenvalue weighted by Gasteiger charge is 2.31. The zero-order valence-electron chi connectivity index (χ0n) is 14.4. The molecule has 2 atom stereocenters. The summed E-state index contributed by atoms with van der Waals surface area (Å²) in [7, 11) is 1.65. The second-order valence-electron chi connectivity index (χ2n) is 6.50. The minimum atomic E-state index is -4.31. The summed E-state index contributed by atoms with van der Waals surface area (Å²) in [5.41, 5.74) is 0.113. The standard InChI is InChI=1S/C18H27F3N2O/c1-14(16-6-3-7-17(11-16)18(19,20)21)23(9-10-24-2)13-15-5-4-8-22-12-15/h3,6-7,11,14-15,22H,4-5,8-10,12-13H2,1-2H3. The Labute approximate surface area is 142 Å². The molecule has 24 heavy (non-hydrogen) atoms. The maximum atomic E-state index is 13.0. The molecular weight excluding hydrogens is 317 g/mol. The van der Waals surface area contributed by atoms with Gasteiger partial charge < -0.3 is 10.1 Å². The van der Waals surface area contributed by atoms with Gasteiger partial charge in [0.1, 0.15) is 0 Å². The molecule has 0 bridgehead atoms. The van der Waals surface area contributed by atoms with E-state index in [0.29, 0.717) is 24.6 Å². The lowest BCUT2D eigenvalue weighted by Crippen LogP contribution is -2.40. The molecule has 6 heteroatoms. The van der Waals surface area contributed by atoms with Crippen LogP contribution in [0.5, 0.6) is 0 Å². The van der Waals surface area contributed by atoms with Crippen molar-refractivity contribution in [2.45, 2.75) is 32.0 Å². The number of hydrogen-bond donors (Lipinski definition) is 1. The average Bonchev–Trinajstić information content (AvgIpc) is 2.58. The molecule has 0 saturated carbocycles. The van der Waals surface area contributed by atoms with Gasteiger partial charge in [0, 0.05) is 26.2 Å². The van der Waals surface area contributed by atoms with Gasteiger partial charge in [-0.2, -0.15) is 13.2 Å². The Kier molecular flexibility index (Phi) is 7.07. The highest BCUT2D eigenvalue weighted by atomic mass is 19.4. The summed E-state index contributed by atoms with van der Waals surface area (Å²) in [5, 5.41) is 3.40. The van der Waals surface area contributed by atoms with E-state index in [1.54, 1.807) is 13.2 Å². The van der Waals surface area contributed by atoms with E-state index in [9.17, 15) is 13.2 Å². The summed E-state index contributed by atoms with van der Waals surface area (Å²) in [5.74, 6) is 0.531. The Morgan fingerprint density at radius 3 is 2.79 bits per heavy atom. The molecule has 0 amide bonds. The molecule has 2 unspecified atom stereocenters. The quantitative estimate of drug-likeness (QED) is 0.816. The van der Waals surface area contributed by atoms with Crippen LogP contribution in [0.25, 0.3) is 0 Å². The first-order chi connectivity index (χ1) is 11.4. The number of halogens is 3. The number of rotatable bonds is 7. The molecule has 1 N–H and O–H groups in total. The van der Waals surface area contributed by atoms with E-state index in [1.165, 1.54) is 12.1 Å². The molecule has 1 aliphatic heterocycles. The minimum Gasteiger partial charge on any atom is -0.383 e. The van der Waals surface area contributed by atoms with E-state index in [-0.39, 0.29) is 6.04 Å². The monoisotopic (exact) mass is 344 g/mol. The second-order valence-corrected chi connectivity index (χ2v) is 6.50. The van der Waals surface area contributed by atoms with Crippen molar-refractivity contribution in [3.05, 3.63) is 35.4 Å². The first-order valence-electron chi connectivity index (χ1n) is 8.52. The highest BCUT2D eigenvalue weighted by molar-refractivity contribution is 5.27. The topological polar surface area (TPSA) is 24.5 Å². The van der Waals surface area contributed by atoms with Crippen LogP contribution >= 0.6 is 0 Å². The fourth-order valence-electron chi connectivity index (χ4n) is 3.25. The van der Waals surface area contributed by atoms with Crippen LogP contribution in [-0.4, -0.2) is 44.8 Å². The zero-order valence-corrected chi connectivity index (χ0v) is 14.4. The number of nitrogens with one attached hydrogen (secondary N) is 1. The fourth-order valence-corrected chi connectivity index (χ4v) is 3.25. The maximum Gasteiger partial charge on any atom is 0.416 e. The Morgan fingerprint density at radius 2 is 2.17 bits per heavy atom. The first-order valence-corrected chi connectivity index (χ1v) is 8.52. The van der Waals surface area contributed by atoms with Gasteiger partial charge in [-0.25, -0.2) is 0 Å². The van der Waals surface area contributed by atoms with Crippen molar-refractivity contribution in [3.63, 3.8) is 0 Å². The average molecular weight is 344 g/mol. The van der Waals surface area contributed by atoms with E-state index in [0.717, 1.165) is 38.5 Å². The molecule has 1 aliphatic rings. The molecule has 1 aromatic rings. The van der Waals surface area contributed by atoms with Gasteiger partial charge in [0.15, 0.2) is 0 Å². The van der Waals surface area contributed by atoms with Crippen molar-refractivity contribution >= 4 is 0 Å². The summed E-state index contributed by atoms with van der Waals surface area (Å²) in [6, 6.07) is 5.58. The van der Waals surface area contributed by atoms with Crippen LogP contribution in [0.15, 0.2) is 24.3 Å². The summed E-state index contributed by atoms with van der Waals surface area (Å²) < 4.78 is 44.1. The van der Waals surface area contributed by atoms with Gasteiger partial charge in [-0.05, 0) is 56.5 Å². The van der Waals surface area contributed by atoms with Gasteiger partial charge in [-0.3, -0.25) is 4.90 Å². The molecule has 136 valence electrons. The fraction of sp³-hybridized carbons (Fsp3) is 0.667. The van der Waals surface area contributed by atoms with Crippen molar-refractivity contribution in [2.24, 2.45) is 5.92 Å². The normalized spacial score (nSPS) is 20.3. The van der Waals surface area contributed by atoms with Crippen LogP contribution in [-0.2, 0) is 10.9 Å². The van der Waals surface area contributed by atoms with E-state index >= 15 is 0 Å². The SMILES string of the molecule is COCCN(CC1CCCNC1)C(C)c1cccc(C(F)(F)F)c1. The van der Waals surface area contributed by atoms with Crippen LogP contribution in [0.4, 0.5) is 13.2 Å². The molecule has 3 nitrogen and oxygen atoms in total. The lowest BCUT2D eigenvalue weighted by Gasteiger charge is -2.34. The summed E-state index contributed by atoms with van der Waals surface area (Å²) in [4.78, 5) is 2.23. The number of benzene rings is 1. The number of methoxy groups -OCH3 is 1. The Morgan fingerprint density at radius 1 is 1.38 bits per heavy atom. The van der Waals surface area contributed by atoms with Gasteiger partial charge in [0.05, 0.1) is 12.2 Å². The Bertz CT molecular complexity index is 501. The van der Waals surface area contributed by atoms with Crippen LogP contribution in [0.3, 0.4) is 0 Å². The van der Waals surface area contributed by atoms with Crippen LogP contribution in [0.1, 0.15) is 36.9 Å². The van der Waals surface area contributed by atoms with Crippen molar-refractivity contribution in [3.8, 4) is 0 Å². The summed E-state index contributed by atoms with van der Waals surface area (Å²) in [6.07, 6.45) is -1.99. The van der Waals surface area contributed by atoms with E-state index in [4.69, 9.17) is 4.74 Å². The maximum absolute atomic E-state index is 13.0. The summed E-state index contributed by atoms with van der Waals surface area (Å²) in [6.45, 7) is 6.15. The predicted molar refractivity (Wildman–Crippen MR) is 88.9 cm³/mol. The van der Waals surface area contributed by atoms with E-state index in [1.807, 2.05) is 6.92 Å². The Balaban J connectivity index is 2.12. The molecule has 0 radical (unpaired) electrons. The van der Waals surface area contributed by atoms with Gasteiger partial charge in [0.25, 0.3) is 0 Å². The van der Waals surface area contributed by atoms with Crippen LogP contribution < -0.4 is 5.32 Å². The molecule has 0 aromatic heterocycles. The van der Waals surface area contributed by atoms with Crippen molar-refractivity contribution in [1.29, 1.82) is 0 Å². The lowest BCUT2D eigenvalue weighted by atomic mass is 9.97. The lowest BCUT2D eigenvalue weighted by molar-refractivity contribution is -0.137. The second kappa shape index (κ2) is 8.83. The smallest absolute Gasteiger partial charge is 0.383 e. The van der Waals surface area contributed by atoms with Gasteiger partial charge in [-0.1, -0.05) is 12.1 Å². The van der Waals surface area contributed by atoms with Crippen molar-refractivity contribution < 1.29 is 17.9 Å². The van der Waals surface area contributed by atoms with Gasteiger partial charge in [0.2, 0.25) is 0 Å². The van der Waals surface area contributed by atoms with E-state index < -0.39 is 11.7 Å². The van der Waals surface area contributed by atoms with E-state index in [2.05, 4.69) is 10.2 Å². The number of alkyl halides is 3. The molecule has 1 fully saturated rings. The highest BCUT2D eigenvalue weighted by Crippen LogP contribution is 2.32. The van der Waals surface area contributed by atoms with Crippen molar-refractivity contribution in [2.75, 3.05) is 39.9 Å². The molecule has 0 aliphatic carbocycles. The largest absolute Gasteiger partial charge is 0.416 e. The molecule has 1 heterocycles.